The van der Waals surface area contributed by atoms with Gasteiger partial charge in [-0.3, -0.25) is 4.74 Å². The highest BCUT2D eigenvalue weighted by atomic mass is 19.4. The van der Waals surface area contributed by atoms with Crippen LogP contribution >= 0.6 is 0 Å². The van der Waals surface area contributed by atoms with Gasteiger partial charge in [-0.25, -0.2) is 17.6 Å². The van der Waals surface area contributed by atoms with Gasteiger partial charge in [0.25, 0.3) is 11.8 Å². The van der Waals surface area contributed by atoms with Crippen molar-refractivity contribution >= 4 is 0 Å². The van der Waals surface area contributed by atoms with Crippen molar-refractivity contribution in [2.24, 2.45) is 0 Å². The van der Waals surface area contributed by atoms with Crippen LogP contribution in [0, 0.1) is 0 Å². The molecule has 0 aliphatic heterocycles. The fraction of sp³-hybridized carbons (Fsp3) is 1.00. The van der Waals surface area contributed by atoms with E-state index in [0.717, 1.165) is 0 Å². The molecule has 2 unspecified atom stereocenters. The molecular formula is C9H9F11O. The topological polar surface area (TPSA) is 9.23 Å². The number of alkyl halides is 11. The molecule has 0 heterocycles. The third-order valence-electron chi connectivity index (χ3n) is 2.11. The van der Waals surface area contributed by atoms with Gasteiger partial charge in [0.05, 0.1) is 0 Å². The molecule has 21 heavy (non-hydrogen) atoms. The fourth-order valence-electron chi connectivity index (χ4n) is 1.16. The monoisotopic (exact) mass is 342 g/mol. The Kier molecular flexibility index (Phi) is 5.22. The highest BCUT2D eigenvalue weighted by molar-refractivity contribution is 4.95. The molecule has 2 atom stereocenters. The van der Waals surface area contributed by atoms with Crippen molar-refractivity contribution in [1.29, 1.82) is 0 Å². The Morgan fingerprint density at radius 3 is 1.48 bits per heavy atom. The minimum absolute atomic E-state index is 0.393. The first-order valence-electron chi connectivity index (χ1n) is 5.05. The van der Waals surface area contributed by atoms with Crippen molar-refractivity contribution in [1.82, 2.24) is 0 Å². The van der Waals surface area contributed by atoms with E-state index in [1.165, 1.54) is 0 Å². The molecule has 0 saturated carbocycles. The third-order valence-corrected chi connectivity index (χ3v) is 2.11. The molecule has 0 aromatic carbocycles. The van der Waals surface area contributed by atoms with Crippen LogP contribution in [-0.4, -0.2) is 36.2 Å². The van der Waals surface area contributed by atoms with Gasteiger partial charge in [-0.1, -0.05) is 0 Å². The smallest absolute Gasteiger partial charge is 0.277 e. The number of halogens is 11. The summed E-state index contributed by atoms with van der Waals surface area (Å²) < 4.78 is 140. The second-order valence-corrected chi connectivity index (χ2v) is 4.39. The number of rotatable bonds is 6. The van der Waals surface area contributed by atoms with Crippen LogP contribution < -0.4 is 0 Å². The second kappa shape index (κ2) is 5.43. The van der Waals surface area contributed by atoms with E-state index in [1.807, 2.05) is 0 Å². The van der Waals surface area contributed by atoms with Gasteiger partial charge in [0.1, 0.15) is 6.42 Å². The largest absolute Gasteiger partial charge is 0.397 e. The van der Waals surface area contributed by atoms with E-state index in [0.29, 0.717) is 0 Å². The first-order chi connectivity index (χ1) is 8.82. The number of hydrogen-bond donors (Lipinski definition) is 0. The van der Waals surface area contributed by atoms with E-state index < -0.39 is 56.4 Å². The molecule has 0 fully saturated rings. The van der Waals surface area contributed by atoms with Crippen molar-refractivity contribution in [3.63, 3.8) is 0 Å². The highest BCUT2D eigenvalue weighted by Gasteiger charge is 2.68. The second-order valence-electron chi connectivity index (χ2n) is 4.39. The average Bonchev–Trinajstić information content (AvgIpc) is 2.08. The SMILES string of the molecule is CC(F)(F)C(F)C(F)(F)C(C)(F)OC(F)(F)CC(F)(F)F. The molecule has 0 radical (unpaired) electrons. The summed E-state index contributed by atoms with van der Waals surface area (Å²) in [6, 6.07) is 0. The third kappa shape index (κ3) is 5.47. The lowest BCUT2D eigenvalue weighted by molar-refractivity contribution is -0.407. The van der Waals surface area contributed by atoms with Gasteiger partial charge in [0, 0.05) is 13.8 Å². The van der Waals surface area contributed by atoms with Gasteiger partial charge in [-0.15, -0.1) is 0 Å². The Balaban J connectivity index is 5.29. The highest BCUT2D eigenvalue weighted by Crippen LogP contribution is 2.47. The lowest BCUT2D eigenvalue weighted by Gasteiger charge is -2.36. The molecule has 0 bridgehead atoms. The van der Waals surface area contributed by atoms with Crippen molar-refractivity contribution in [3.8, 4) is 0 Å². The molecule has 0 aliphatic rings. The summed E-state index contributed by atoms with van der Waals surface area (Å²) >= 11 is 0. The molecule has 0 aromatic heterocycles. The van der Waals surface area contributed by atoms with Gasteiger partial charge in [-0.05, 0) is 0 Å². The zero-order chi connectivity index (χ0) is 17.5. The van der Waals surface area contributed by atoms with Crippen molar-refractivity contribution in [3.05, 3.63) is 0 Å². The molecule has 0 aliphatic carbocycles. The van der Waals surface area contributed by atoms with Crippen LogP contribution in [0.3, 0.4) is 0 Å². The summed E-state index contributed by atoms with van der Waals surface area (Å²) in [5.74, 6) is -15.8. The van der Waals surface area contributed by atoms with E-state index in [1.54, 1.807) is 0 Å². The van der Waals surface area contributed by atoms with Gasteiger partial charge >= 0.3 is 18.2 Å². The molecule has 0 amide bonds. The molecule has 128 valence electrons. The lowest BCUT2D eigenvalue weighted by Crippen LogP contribution is -2.58. The maximum Gasteiger partial charge on any atom is 0.397 e. The summed E-state index contributed by atoms with van der Waals surface area (Å²) in [4.78, 5) is 0. The van der Waals surface area contributed by atoms with Crippen LogP contribution in [0.15, 0.2) is 0 Å². The predicted octanol–water partition coefficient (Wildman–Crippen LogP) is 4.86. The summed E-state index contributed by atoms with van der Waals surface area (Å²) in [6.45, 7) is -0.967. The van der Waals surface area contributed by atoms with Crippen molar-refractivity contribution < 1.29 is 53.0 Å². The van der Waals surface area contributed by atoms with Crippen molar-refractivity contribution in [2.75, 3.05) is 0 Å². The van der Waals surface area contributed by atoms with E-state index in [4.69, 9.17) is 0 Å². The quantitative estimate of drug-likeness (QED) is 0.626. The Bertz CT molecular complexity index is 354. The maximum atomic E-state index is 13.3. The van der Waals surface area contributed by atoms with E-state index >= 15 is 0 Å². The van der Waals surface area contributed by atoms with Crippen LogP contribution in [0.4, 0.5) is 48.3 Å². The minimum atomic E-state index is -5.83. The fourth-order valence-corrected chi connectivity index (χ4v) is 1.16. The predicted molar refractivity (Wildman–Crippen MR) is 46.7 cm³/mol. The van der Waals surface area contributed by atoms with Crippen molar-refractivity contribution in [2.45, 2.75) is 56.4 Å². The number of hydrogen-bond acceptors (Lipinski definition) is 1. The zero-order valence-electron chi connectivity index (χ0n) is 10.4. The maximum absolute atomic E-state index is 13.3. The van der Waals surface area contributed by atoms with Gasteiger partial charge in [0.2, 0.25) is 6.17 Å². The first kappa shape index (κ1) is 20.2. The van der Waals surface area contributed by atoms with Crippen LogP contribution in [0.5, 0.6) is 0 Å². The molecule has 0 rings (SSSR count). The summed E-state index contributed by atoms with van der Waals surface area (Å²) in [5, 5.41) is 0. The van der Waals surface area contributed by atoms with E-state index in [-0.39, 0.29) is 0 Å². The molecule has 0 aromatic rings. The molecule has 0 spiro atoms. The minimum Gasteiger partial charge on any atom is -0.277 e. The lowest BCUT2D eigenvalue weighted by atomic mass is 10.0. The Morgan fingerprint density at radius 2 is 1.19 bits per heavy atom. The summed E-state index contributed by atoms with van der Waals surface area (Å²) in [7, 11) is 0. The summed E-state index contributed by atoms with van der Waals surface area (Å²) in [5.41, 5.74) is 0. The van der Waals surface area contributed by atoms with Gasteiger partial charge in [0.15, 0.2) is 0 Å². The molecule has 12 heteroatoms. The average molecular weight is 342 g/mol. The zero-order valence-corrected chi connectivity index (χ0v) is 10.4. The molecule has 0 N–H and O–H groups in total. The Morgan fingerprint density at radius 1 is 0.810 bits per heavy atom. The van der Waals surface area contributed by atoms with Crippen LogP contribution in [0.25, 0.3) is 0 Å². The molecule has 1 nitrogen and oxygen atoms in total. The van der Waals surface area contributed by atoms with E-state index in [9.17, 15) is 48.3 Å². The Hall–Kier alpha value is -0.810. The van der Waals surface area contributed by atoms with Crippen LogP contribution in [0.2, 0.25) is 0 Å². The molecular weight excluding hydrogens is 333 g/mol. The normalized spacial score (nSPS) is 19.3. The summed E-state index contributed by atoms with van der Waals surface area (Å²) in [6.07, 6.45) is -18.9. The Labute approximate surface area is 111 Å². The molecule has 0 saturated heterocycles. The van der Waals surface area contributed by atoms with Gasteiger partial charge < -0.3 is 0 Å². The first-order valence-corrected chi connectivity index (χ1v) is 5.05. The van der Waals surface area contributed by atoms with E-state index in [2.05, 4.69) is 4.74 Å². The number of ether oxygens (including phenoxy) is 1. The van der Waals surface area contributed by atoms with Crippen LogP contribution in [-0.2, 0) is 4.74 Å². The van der Waals surface area contributed by atoms with Gasteiger partial charge in [-0.2, -0.15) is 30.7 Å². The van der Waals surface area contributed by atoms with Crippen LogP contribution in [0.1, 0.15) is 20.3 Å². The standard InChI is InChI=1S/C9H9F11O/c1-5(11,12)4(10)9(19,20)6(2,13)21-8(17,18)3-7(14,15)16/h4H,3H2,1-2H3.